The highest BCUT2D eigenvalue weighted by Gasteiger charge is 2.45. The number of carbonyl (C=O) groups excluding carboxylic acids is 2. The first-order valence-corrected chi connectivity index (χ1v) is 10.6. The number of Topliss-reactive ketones (excluding diaryl/α,β-unsaturated/α-hetero) is 1. The maximum atomic E-state index is 13.0. The number of benzene rings is 2. The quantitative estimate of drug-likeness (QED) is 0.262. The molecule has 2 aromatic carbocycles. The lowest BCUT2D eigenvalue weighted by atomic mass is 9.95. The van der Waals surface area contributed by atoms with E-state index in [2.05, 4.69) is 0 Å². The molecule has 170 valence electrons. The molecule has 0 saturated carbocycles. The molecule has 1 aliphatic heterocycles. The van der Waals surface area contributed by atoms with Crippen molar-refractivity contribution in [2.45, 2.75) is 19.4 Å². The van der Waals surface area contributed by atoms with Crippen LogP contribution in [0.1, 0.15) is 30.5 Å². The Bertz CT molecular complexity index is 1020. The number of amides is 1. The van der Waals surface area contributed by atoms with E-state index in [1.807, 2.05) is 6.92 Å². The molecule has 7 nitrogen and oxygen atoms in total. The molecule has 1 aliphatic rings. The highest BCUT2D eigenvalue weighted by molar-refractivity contribution is 6.46. The molecule has 1 N–H and O–H groups in total. The van der Waals surface area contributed by atoms with Crippen LogP contribution in [-0.4, -0.2) is 55.7 Å². The van der Waals surface area contributed by atoms with Gasteiger partial charge in [-0.15, -0.1) is 0 Å². The first-order valence-electron chi connectivity index (χ1n) is 10.3. The van der Waals surface area contributed by atoms with Gasteiger partial charge in [-0.2, -0.15) is 0 Å². The number of hydrogen-bond acceptors (Lipinski definition) is 6. The van der Waals surface area contributed by atoms with E-state index in [4.69, 9.17) is 25.8 Å². The molecule has 8 heteroatoms. The Balaban J connectivity index is 2.10. The Morgan fingerprint density at radius 1 is 1.12 bits per heavy atom. The van der Waals surface area contributed by atoms with Gasteiger partial charge in [-0.1, -0.05) is 23.7 Å². The zero-order chi connectivity index (χ0) is 23.3. The average molecular weight is 460 g/mol. The van der Waals surface area contributed by atoms with Crippen molar-refractivity contribution in [2.75, 3.05) is 34.0 Å². The van der Waals surface area contributed by atoms with Crippen LogP contribution in [0.25, 0.3) is 5.76 Å². The van der Waals surface area contributed by atoms with Crippen molar-refractivity contribution < 1.29 is 28.9 Å². The number of nitrogens with zero attached hydrogens (tertiary/aromatic N) is 1. The molecule has 1 heterocycles. The summed E-state index contributed by atoms with van der Waals surface area (Å²) in [6, 6.07) is 11.0. The van der Waals surface area contributed by atoms with Gasteiger partial charge < -0.3 is 24.2 Å². The molecule has 0 bridgehead atoms. The van der Waals surface area contributed by atoms with E-state index in [-0.39, 0.29) is 11.3 Å². The molecule has 0 aromatic heterocycles. The Morgan fingerprint density at radius 3 is 2.44 bits per heavy atom. The van der Waals surface area contributed by atoms with Crippen LogP contribution < -0.4 is 9.47 Å². The van der Waals surface area contributed by atoms with Gasteiger partial charge in [-0.25, -0.2) is 0 Å². The van der Waals surface area contributed by atoms with Crippen molar-refractivity contribution in [1.29, 1.82) is 0 Å². The van der Waals surface area contributed by atoms with Crippen LogP contribution in [0.3, 0.4) is 0 Å². The second-order valence-corrected chi connectivity index (χ2v) is 7.60. The van der Waals surface area contributed by atoms with Gasteiger partial charge in [0.15, 0.2) is 0 Å². The number of aliphatic hydroxyl groups is 1. The molecule has 1 atom stereocenters. The van der Waals surface area contributed by atoms with E-state index >= 15 is 0 Å². The summed E-state index contributed by atoms with van der Waals surface area (Å²) >= 11 is 6.28. The smallest absolute Gasteiger partial charge is 0.295 e. The van der Waals surface area contributed by atoms with E-state index < -0.39 is 17.7 Å². The summed E-state index contributed by atoms with van der Waals surface area (Å²) in [7, 11) is 3.13. The third-order valence-corrected chi connectivity index (χ3v) is 5.52. The summed E-state index contributed by atoms with van der Waals surface area (Å²) in [5.74, 6) is -0.588. The summed E-state index contributed by atoms with van der Waals surface area (Å²) in [6.45, 7) is 3.02. The summed E-state index contributed by atoms with van der Waals surface area (Å²) in [5.41, 5.74) is 1.02. The largest absolute Gasteiger partial charge is 0.507 e. The van der Waals surface area contributed by atoms with Crippen LogP contribution in [0.15, 0.2) is 48.0 Å². The minimum absolute atomic E-state index is 0.0119. The Morgan fingerprint density at radius 2 is 1.84 bits per heavy atom. The van der Waals surface area contributed by atoms with Gasteiger partial charge in [0.25, 0.3) is 11.7 Å². The fourth-order valence-electron chi connectivity index (χ4n) is 3.70. The molecule has 3 rings (SSSR count). The molecular weight excluding hydrogens is 434 g/mol. The van der Waals surface area contributed by atoms with Gasteiger partial charge in [0.05, 0.1) is 30.4 Å². The molecule has 0 aliphatic carbocycles. The standard InChI is InChI=1S/C24H26ClNO6/c1-4-32-19-11-8-16(14-18(19)25)22(27)20-21(15-6-9-17(31-3)10-7-15)26(12-5-13-30-2)24(29)23(20)28/h6-11,14,21,27H,4-5,12-13H2,1-3H3/b22-20-. The normalized spacial score (nSPS) is 17.6. The number of carbonyl (C=O) groups is 2. The number of hydrogen-bond donors (Lipinski definition) is 1. The predicted octanol–water partition coefficient (Wildman–Crippen LogP) is 4.21. The number of likely N-dealkylation sites (tertiary alicyclic amines) is 1. The van der Waals surface area contributed by atoms with Crippen LogP contribution in [0.5, 0.6) is 11.5 Å². The van der Waals surface area contributed by atoms with Crippen molar-refractivity contribution in [3.8, 4) is 11.5 Å². The molecule has 32 heavy (non-hydrogen) atoms. The van der Waals surface area contributed by atoms with E-state index in [0.717, 1.165) is 0 Å². The second kappa shape index (κ2) is 10.5. The number of rotatable bonds is 9. The van der Waals surface area contributed by atoms with E-state index in [9.17, 15) is 14.7 Å². The lowest BCUT2D eigenvalue weighted by Crippen LogP contribution is -2.31. The third-order valence-electron chi connectivity index (χ3n) is 5.22. The maximum Gasteiger partial charge on any atom is 0.295 e. The summed E-state index contributed by atoms with van der Waals surface area (Å²) < 4.78 is 15.7. The summed E-state index contributed by atoms with van der Waals surface area (Å²) in [6.07, 6.45) is 0.547. The molecule has 2 aromatic rings. The number of ether oxygens (including phenoxy) is 3. The van der Waals surface area contributed by atoms with Crippen LogP contribution >= 0.6 is 11.6 Å². The fourth-order valence-corrected chi connectivity index (χ4v) is 3.93. The fraction of sp³-hybridized carbons (Fsp3) is 0.333. The van der Waals surface area contributed by atoms with E-state index in [1.165, 1.54) is 11.0 Å². The highest BCUT2D eigenvalue weighted by atomic mass is 35.5. The topological polar surface area (TPSA) is 85.3 Å². The van der Waals surface area contributed by atoms with Crippen LogP contribution in [0.2, 0.25) is 5.02 Å². The van der Waals surface area contributed by atoms with E-state index in [0.29, 0.717) is 53.8 Å². The maximum absolute atomic E-state index is 13.0. The van der Waals surface area contributed by atoms with Gasteiger partial charge in [-0.05, 0) is 49.2 Å². The molecule has 1 amide bonds. The summed E-state index contributed by atoms with van der Waals surface area (Å²) in [4.78, 5) is 27.3. The Kier molecular flexibility index (Phi) is 7.77. The highest BCUT2D eigenvalue weighted by Crippen LogP contribution is 2.40. The first kappa shape index (κ1) is 23.6. The molecule has 1 saturated heterocycles. The zero-order valence-corrected chi connectivity index (χ0v) is 19.0. The van der Waals surface area contributed by atoms with Crippen molar-refractivity contribution in [2.24, 2.45) is 0 Å². The monoisotopic (exact) mass is 459 g/mol. The molecular formula is C24H26ClNO6. The zero-order valence-electron chi connectivity index (χ0n) is 18.3. The SMILES string of the molecule is CCOc1ccc(/C(O)=C2/C(=O)C(=O)N(CCCOC)C2c2ccc(OC)cc2)cc1Cl. The van der Waals surface area contributed by atoms with Gasteiger partial charge in [0.1, 0.15) is 17.3 Å². The van der Waals surface area contributed by atoms with Crippen LogP contribution in [-0.2, 0) is 14.3 Å². The lowest BCUT2D eigenvalue weighted by molar-refractivity contribution is -0.140. The van der Waals surface area contributed by atoms with Crippen molar-refractivity contribution in [1.82, 2.24) is 4.90 Å². The Hall–Kier alpha value is -3.03. The van der Waals surface area contributed by atoms with Crippen LogP contribution in [0, 0.1) is 0 Å². The lowest BCUT2D eigenvalue weighted by Gasteiger charge is -2.25. The van der Waals surface area contributed by atoms with Crippen molar-refractivity contribution >= 4 is 29.1 Å². The summed E-state index contributed by atoms with van der Waals surface area (Å²) in [5, 5.41) is 11.4. The van der Waals surface area contributed by atoms with Crippen molar-refractivity contribution in [3.63, 3.8) is 0 Å². The molecule has 1 unspecified atom stereocenters. The number of halogens is 1. The predicted molar refractivity (Wildman–Crippen MR) is 121 cm³/mol. The minimum atomic E-state index is -0.747. The molecule has 1 fully saturated rings. The van der Waals surface area contributed by atoms with Gasteiger partial charge in [0.2, 0.25) is 0 Å². The number of methoxy groups -OCH3 is 2. The average Bonchev–Trinajstić information content (AvgIpc) is 3.05. The number of ketones is 1. The van der Waals surface area contributed by atoms with Gasteiger partial charge >= 0.3 is 0 Å². The van der Waals surface area contributed by atoms with Gasteiger partial charge in [-0.3, -0.25) is 9.59 Å². The number of aliphatic hydroxyl groups excluding tert-OH is 1. The molecule has 0 spiro atoms. The van der Waals surface area contributed by atoms with Gasteiger partial charge in [0, 0.05) is 25.8 Å². The Labute approximate surface area is 192 Å². The first-order chi connectivity index (χ1) is 15.4. The minimum Gasteiger partial charge on any atom is -0.507 e. The third kappa shape index (κ3) is 4.74. The van der Waals surface area contributed by atoms with Crippen LogP contribution in [0.4, 0.5) is 0 Å². The molecule has 0 radical (unpaired) electrons. The van der Waals surface area contributed by atoms with E-state index in [1.54, 1.807) is 50.6 Å². The van der Waals surface area contributed by atoms with Crippen molar-refractivity contribution in [3.05, 3.63) is 64.2 Å². The second-order valence-electron chi connectivity index (χ2n) is 7.19.